The van der Waals surface area contributed by atoms with Crippen molar-refractivity contribution in [1.29, 1.82) is 0 Å². The van der Waals surface area contributed by atoms with Crippen molar-refractivity contribution in [3.8, 4) is 11.5 Å². The fourth-order valence-corrected chi connectivity index (χ4v) is 4.84. The Kier molecular flexibility index (Phi) is 6.55. The number of ether oxygens (including phenoxy) is 2. The summed E-state index contributed by atoms with van der Waals surface area (Å²) in [5, 5.41) is 11.6. The first kappa shape index (κ1) is 23.7. The summed E-state index contributed by atoms with van der Waals surface area (Å²) in [6, 6.07) is 16.8. The monoisotopic (exact) mass is 497 g/mol. The zero-order valence-corrected chi connectivity index (χ0v) is 20.1. The number of hydrogen-bond acceptors (Lipinski definition) is 5. The summed E-state index contributed by atoms with van der Waals surface area (Å²) in [4.78, 5) is 28.1. The molecule has 1 heterocycles. The molecule has 4 rings (SSSR count). The maximum absolute atomic E-state index is 13.4. The highest BCUT2D eigenvalue weighted by Crippen LogP contribution is 2.48. The average Bonchev–Trinajstić information content (AvgIpc) is 3.10. The van der Waals surface area contributed by atoms with Crippen molar-refractivity contribution in [2.45, 2.75) is 13.0 Å². The predicted octanol–water partition coefficient (Wildman–Crippen LogP) is 5.95. The molecule has 3 aromatic carbocycles. The molecule has 6 nitrogen and oxygen atoms in total. The molecule has 174 valence electrons. The largest absolute Gasteiger partial charge is 0.507 e. The third-order valence-corrected chi connectivity index (χ3v) is 6.35. The Morgan fingerprint density at radius 2 is 1.56 bits per heavy atom. The third-order valence-electron chi connectivity index (χ3n) is 5.73. The number of methoxy groups -OCH3 is 2. The molecule has 1 N–H and O–H groups in total. The molecule has 0 aliphatic carbocycles. The lowest BCUT2D eigenvalue weighted by atomic mass is 9.94. The van der Waals surface area contributed by atoms with E-state index in [0.29, 0.717) is 11.3 Å². The molecule has 8 heteroatoms. The molecule has 0 aromatic heterocycles. The zero-order chi connectivity index (χ0) is 24.6. The minimum Gasteiger partial charge on any atom is -0.507 e. The van der Waals surface area contributed by atoms with E-state index in [9.17, 15) is 14.7 Å². The maximum atomic E-state index is 13.4. The SMILES string of the molecule is COc1c(Cl)cc(/C(O)=C2\C(=O)C(=O)N(c3ccccc3C)C2c2ccccc2)c(OC)c1Cl. The zero-order valence-electron chi connectivity index (χ0n) is 18.6. The Morgan fingerprint density at radius 3 is 2.18 bits per heavy atom. The second-order valence-corrected chi connectivity index (χ2v) is 8.44. The highest BCUT2D eigenvalue weighted by Gasteiger charge is 2.47. The first-order chi connectivity index (χ1) is 16.3. The Bertz CT molecular complexity index is 1320. The van der Waals surface area contributed by atoms with Gasteiger partial charge < -0.3 is 14.6 Å². The van der Waals surface area contributed by atoms with Crippen LogP contribution in [-0.4, -0.2) is 31.0 Å². The molecule has 0 bridgehead atoms. The molecule has 1 atom stereocenters. The lowest BCUT2D eigenvalue weighted by Gasteiger charge is -2.27. The summed E-state index contributed by atoms with van der Waals surface area (Å²) >= 11 is 12.7. The summed E-state index contributed by atoms with van der Waals surface area (Å²) in [5.41, 5.74) is 1.99. The van der Waals surface area contributed by atoms with Gasteiger partial charge in [-0.05, 0) is 30.2 Å². The number of aliphatic hydroxyl groups excluding tert-OH is 1. The smallest absolute Gasteiger partial charge is 0.300 e. The van der Waals surface area contributed by atoms with Crippen LogP contribution in [0, 0.1) is 6.92 Å². The minimum atomic E-state index is -0.883. The number of carbonyl (C=O) groups excluding carboxylic acids is 2. The van der Waals surface area contributed by atoms with Crippen LogP contribution in [0.4, 0.5) is 5.69 Å². The third kappa shape index (κ3) is 3.79. The molecule has 34 heavy (non-hydrogen) atoms. The number of Topliss-reactive ketones (excluding diaryl/α,β-unsaturated/α-hetero) is 1. The molecule has 3 aromatic rings. The van der Waals surface area contributed by atoms with Crippen LogP contribution >= 0.6 is 23.2 Å². The van der Waals surface area contributed by atoms with E-state index in [0.717, 1.165) is 5.56 Å². The molecular weight excluding hydrogens is 477 g/mol. The van der Waals surface area contributed by atoms with Gasteiger partial charge in [-0.2, -0.15) is 0 Å². The van der Waals surface area contributed by atoms with Gasteiger partial charge in [-0.15, -0.1) is 0 Å². The van der Waals surface area contributed by atoms with E-state index < -0.39 is 23.5 Å². The number of benzene rings is 3. The average molecular weight is 498 g/mol. The van der Waals surface area contributed by atoms with Crippen LogP contribution in [0.1, 0.15) is 22.7 Å². The highest BCUT2D eigenvalue weighted by atomic mass is 35.5. The van der Waals surface area contributed by atoms with Gasteiger partial charge in [0, 0.05) is 5.69 Å². The van der Waals surface area contributed by atoms with Gasteiger partial charge in [0.1, 0.15) is 10.8 Å². The van der Waals surface area contributed by atoms with Crippen LogP contribution in [0.3, 0.4) is 0 Å². The molecule has 0 saturated carbocycles. The van der Waals surface area contributed by atoms with Crippen molar-refractivity contribution in [2.75, 3.05) is 19.1 Å². The lowest BCUT2D eigenvalue weighted by Crippen LogP contribution is -2.30. The molecule has 1 aliphatic rings. The normalized spacial score (nSPS) is 17.2. The van der Waals surface area contributed by atoms with Gasteiger partial charge in [0.2, 0.25) is 0 Å². The molecule has 1 amide bonds. The standard InChI is InChI=1S/C26H21Cl2NO5/c1-14-9-7-8-12-18(14)29-21(15-10-5-4-6-11-15)19(23(31)26(29)32)22(30)16-13-17(27)25(34-3)20(28)24(16)33-2/h4-13,21,30H,1-3H3/b22-19+. The van der Waals surface area contributed by atoms with Crippen molar-refractivity contribution in [3.05, 3.63) is 93.0 Å². The minimum absolute atomic E-state index is 0.0310. The number of rotatable bonds is 5. The van der Waals surface area contributed by atoms with E-state index in [2.05, 4.69) is 0 Å². The number of hydrogen-bond donors (Lipinski definition) is 1. The van der Waals surface area contributed by atoms with Gasteiger partial charge in [-0.1, -0.05) is 71.7 Å². The summed E-state index contributed by atoms with van der Waals surface area (Å²) in [6.45, 7) is 1.85. The molecular formula is C26H21Cl2NO5. The number of aliphatic hydroxyl groups is 1. The van der Waals surface area contributed by atoms with Crippen LogP contribution in [0.5, 0.6) is 11.5 Å². The molecule has 1 fully saturated rings. The number of carbonyl (C=O) groups is 2. The van der Waals surface area contributed by atoms with Crippen molar-refractivity contribution >= 4 is 46.3 Å². The van der Waals surface area contributed by atoms with Gasteiger partial charge in [0.05, 0.1) is 36.4 Å². The number of aryl methyl sites for hydroxylation is 1. The summed E-state index contributed by atoms with van der Waals surface area (Å²) in [7, 11) is 2.77. The quantitative estimate of drug-likeness (QED) is 0.268. The Hall–Kier alpha value is -3.48. The van der Waals surface area contributed by atoms with Gasteiger partial charge in [0.15, 0.2) is 11.5 Å². The first-order valence-electron chi connectivity index (χ1n) is 10.3. The van der Waals surface area contributed by atoms with Crippen LogP contribution in [0.2, 0.25) is 10.0 Å². The molecule has 1 saturated heterocycles. The fourth-order valence-electron chi connectivity index (χ4n) is 4.16. The maximum Gasteiger partial charge on any atom is 0.300 e. The van der Waals surface area contributed by atoms with Crippen molar-refractivity contribution in [3.63, 3.8) is 0 Å². The van der Waals surface area contributed by atoms with Crippen LogP contribution < -0.4 is 14.4 Å². The second-order valence-electron chi connectivity index (χ2n) is 7.65. The number of anilines is 1. The van der Waals surface area contributed by atoms with E-state index in [1.807, 2.05) is 25.1 Å². The van der Waals surface area contributed by atoms with Gasteiger partial charge in [-0.25, -0.2) is 0 Å². The second kappa shape index (κ2) is 9.41. The summed E-state index contributed by atoms with van der Waals surface area (Å²) < 4.78 is 10.6. The number of halogens is 2. The molecule has 1 aliphatic heterocycles. The number of nitrogens with zero attached hydrogens (tertiary/aromatic N) is 1. The van der Waals surface area contributed by atoms with Crippen LogP contribution in [0.15, 0.2) is 66.2 Å². The molecule has 0 radical (unpaired) electrons. The Morgan fingerprint density at radius 1 is 0.941 bits per heavy atom. The van der Waals surface area contributed by atoms with Gasteiger partial charge >= 0.3 is 0 Å². The first-order valence-corrected chi connectivity index (χ1v) is 11.1. The van der Waals surface area contributed by atoms with E-state index in [1.54, 1.807) is 36.4 Å². The van der Waals surface area contributed by atoms with Crippen molar-refractivity contribution in [2.24, 2.45) is 0 Å². The summed E-state index contributed by atoms with van der Waals surface area (Å²) in [5.74, 6) is -1.81. The Labute approximate surface area is 206 Å². The number of para-hydroxylation sites is 1. The van der Waals surface area contributed by atoms with Gasteiger partial charge in [0.25, 0.3) is 11.7 Å². The van der Waals surface area contributed by atoms with Crippen LogP contribution in [-0.2, 0) is 9.59 Å². The van der Waals surface area contributed by atoms with Gasteiger partial charge in [-0.3, -0.25) is 14.5 Å². The van der Waals surface area contributed by atoms with Crippen molar-refractivity contribution < 1.29 is 24.2 Å². The number of amides is 1. The topological polar surface area (TPSA) is 76.1 Å². The highest BCUT2D eigenvalue weighted by molar-refractivity contribution is 6.52. The summed E-state index contributed by atoms with van der Waals surface area (Å²) in [6.07, 6.45) is 0. The number of ketones is 1. The van der Waals surface area contributed by atoms with E-state index in [-0.39, 0.29) is 32.7 Å². The molecule has 0 spiro atoms. The van der Waals surface area contributed by atoms with E-state index in [4.69, 9.17) is 32.7 Å². The van der Waals surface area contributed by atoms with Crippen molar-refractivity contribution in [1.82, 2.24) is 0 Å². The lowest BCUT2D eigenvalue weighted by molar-refractivity contribution is -0.132. The van der Waals surface area contributed by atoms with E-state index >= 15 is 0 Å². The van der Waals surface area contributed by atoms with E-state index in [1.165, 1.54) is 25.2 Å². The van der Waals surface area contributed by atoms with Crippen LogP contribution in [0.25, 0.3) is 5.76 Å². The molecule has 1 unspecified atom stereocenters. The predicted molar refractivity (Wildman–Crippen MR) is 132 cm³/mol. The Balaban J connectivity index is 2.03. The fraction of sp³-hybridized carbons (Fsp3) is 0.154.